The van der Waals surface area contributed by atoms with Gasteiger partial charge >= 0.3 is 141 Å². The molecule has 122 valence electrons. The van der Waals surface area contributed by atoms with Crippen molar-refractivity contribution in [3.05, 3.63) is 53.6 Å². The summed E-state index contributed by atoms with van der Waals surface area (Å²) in [7, 11) is 3.03. The molecule has 0 unspecified atom stereocenters. The second-order valence-corrected chi connectivity index (χ2v) is 6.82. The van der Waals surface area contributed by atoms with Crippen molar-refractivity contribution in [3.8, 4) is 11.5 Å². The van der Waals surface area contributed by atoms with Crippen molar-refractivity contribution < 1.29 is 24.1 Å². The van der Waals surface area contributed by atoms with Crippen LogP contribution in [0.5, 0.6) is 11.5 Å². The van der Waals surface area contributed by atoms with Gasteiger partial charge in [-0.25, -0.2) is 0 Å². The van der Waals surface area contributed by atoms with Crippen LogP contribution in [-0.2, 0) is 10.1 Å². The number of ether oxygens (including phenoxy) is 3. The second kappa shape index (κ2) is 8.58. The Labute approximate surface area is 141 Å². The third-order valence-corrected chi connectivity index (χ3v) is 5.30. The average molecular weight is 381 g/mol. The van der Waals surface area contributed by atoms with Gasteiger partial charge in [0.25, 0.3) is 0 Å². The molecule has 0 bridgehead atoms. The van der Waals surface area contributed by atoms with E-state index in [0.29, 0.717) is 16.6 Å². The van der Waals surface area contributed by atoms with Crippen molar-refractivity contribution in [2.75, 3.05) is 21.0 Å². The third-order valence-electron chi connectivity index (χ3n) is 3.08. The predicted molar refractivity (Wildman–Crippen MR) is 88.0 cm³/mol. The molecule has 2 aromatic rings. The Morgan fingerprint density at radius 1 is 1.17 bits per heavy atom. The summed E-state index contributed by atoms with van der Waals surface area (Å²) in [5, 5.41) is 10.2. The summed E-state index contributed by atoms with van der Waals surface area (Å²) in [4.78, 5) is 11.7. The zero-order valence-corrected chi connectivity index (χ0v) is 14.7. The molecule has 0 fully saturated rings. The van der Waals surface area contributed by atoms with Crippen LogP contribution in [0.1, 0.15) is 15.9 Å². The minimum atomic E-state index is -1.02. The van der Waals surface area contributed by atoms with E-state index in [1.54, 1.807) is 19.2 Å². The fourth-order valence-corrected chi connectivity index (χ4v) is 3.92. The maximum atomic E-state index is 11.7. The first-order valence-corrected chi connectivity index (χ1v) is 8.96. The number of carbonyl (C=O) groups is 1. The summed E-state index contributed by atoms with van der Waals surface area (Å²) in [6.07, 6.45) is 0. The first kappa shape index (κ1) is 17.3. The van der Waals surface area contributed by atoms with Crippen LogP contribution in [0.3, 0.4) is 0 Å². The molecule has 2 aromatic carbocycles. The molecule has 0 radical (unpaired) electrons. The molecule has 0 saturated heterocycles. The molecule has 23 heavy (non-hydrogen) atoms. The van der Waals surface area contributed by atoms with Crippen LogP contribution in [0.4, 0.5) is 0 Å². The number of hydrogen-bond acceptors (Lipinski definition) is 4. The van der Waals surface area contributed by atoms with E-state index in [0.717, 1.165) is 0 Å². The van der Waals surface area contributed by atoms with Crippen molar-refractivity contribution >= 4 is 25.4 Å². The Bertz CT molecular complexity index is 658. The first-order chi connectivity index (χ1) is 11.2. The van der Waals surface area contributed by atoms with Gasteiger partial charge in [-0.15, -0.1) is 0 Å². The number of aromatic carboxylic acids is 1. The van der Waals surface area contributed by atoms with E-state index in [1.165, 1.54) is 11.6 Å². The molecule has 0 atom stereocenters. The Morgan fingerprint density at radius 2 is 1.91 bits per heavy atom. The molecule has 0 aliphatic rings. The van der Waals surface area contributed by atoms with Gasteiger partial charge in [0, 0.05) is 0 Å². The van der Waals surface area contributed by atoms with Crippen LogP contribution >= 0.6 is 0 Å². The number of rotatable bonds is 8. The number of hydrogen-bond donors (Lipinski definition) is 1. The van der Waals surface area contributed by atoms with E-state index in [1.807, 2.05) is 30.3 Å². The van der Waals surface area contributed by atoms with Gasteiger partial charge in [0.1, 0.15) is 0 Å². The van der Waals surface area contributed by atoms with Crippen LogP contribution in [0.2, 0.25) is 0 Å². The van der Waals surface area contributed by atoms with Crippen LogP contribution in [0, 0.1) is 0 Å². The number of carboxylic acids is 1. The Balaban J connectivity index is 2.32. The molecule has 0 heterocycles. The molecule has 0 amide bonds. The Morgan fingerprint density at radius 3 is 2.52 bits per heavy atom. The molecule has 5 nitrogen and oxygen atoms in total. The molecular formula is C17H18O5Se. The van der Waals surface area contributed by atoms with Gasteiger partial charge in [-0.3, -0.25) is 0 Å². The number of carboxylic acid groups (broad SMARTS) is 1. The van der Waals surface area contributed by atoms with Gasteiger partial charge in [0.05, 0.1) is 0 Å². The zero-order chi connectivity index (χ0) is 16.7. The van der Waals surface area contributed by atoms with E-state index < -0.39 is 5.97 Å². The number of methoxy groups -OCH3 is 2. The van der Waals surface area contributed by atoms with Crippen LogP contribution in [0.15, 0.2) is 42.5 Å². The van der Waals surface area contributed by atoms with E-state index in [-0.39, 0.29) is 33.1 Å². The van der Waals surface area contributed by atoms with Gasteiger partial charge in [-0.2, -0.15) is 0 Å². The molecule has 6 heteroatoms. The molecule has 0 aromatic heterocycles. The van der Waals surface area contributed by atoms with Crippen LogP contribution < -0.4 is 13.9 Å². The summed E-state index contributed by atoms with van der Waals surface area (Å²) >= 11 is 0.121. The van der Waals surface area contributed by atoms with Crippen molar-refractivity contribution in [3.63, 3.8) is 0 Å². The normalized spacial score (nSPS) is 10.3. The summed E-state index contributed by atoms with van der Waals surface area (Å²) < 4.78 is 16.7. The Kier molecular flexibility index (Phi) is 6.47. The average Bonchev–Trinajstić information content (AvgIpc) is 2.58. The molecule has 0 spiro atoms. The van der Waals surface area contributed by atoms with E-state index in [4.69, 9.17) is 14.2 Å². The summed E-state index contributed by atoms with van der Waals surface area (Å²) in [5.41, 5.74) is 0.868. The van der Waals surface area contributed by atoms with Crippen molar-refractivity contribution in [1.29, 1.82) is 0 Å². The zero-order valence-electron chi connectivity index (χ0n) is 12.9. The quantitative estimate of drug-likeness (QED) is 0.559. The monoisotopic (exact) mass is 382 g/mol. The summed E-state index contributed by atoms with van der Waals surface area (Å²) in [5.74, 6) is -0.185. The van der Waals surface area contributed by atoms with Gasteiger partial charge in [-0.05, 0) is 0 Å². The number of benzene rings is 2. The molecule has 0 saturated carbocycles. The van der Waals surface area contributed by atoms with Crippen LogP contribution in [-0.4, -0.2) is 47.0 Å². The second-order valence-electron chi connectivity index (χ2n) is 4.62. The molecular weight excluding hydrogens is 363 g/mol. The van der Waals surface area contributed by atoms with Crippen molar-refractivity contribution in [1.82, 2.24) is 0 Å². The maximum absolute atomic E-state index is 11.7. The first-order valence-electron chi connectivity index (χ1n) is 6.89. The third kappa shape index (κ3) is 4.73. The molecule has 0 aliphatic carbocycles. The van der Waals surface area contributed by atoms with Crippen molar-refractivity contribution in [2.24, 2.45) is 0 Å². The standard InChI is InChI=1S/C17H18O5Se/c1-20-11-22-15-9-13(21-2)8-12(16(15)17(18)19)10-23-14-6-4-3-5-7-14/h3-9H,10-11H2,1-2H3,(H,18,19). The SMILES string of the molecule is COCOc1cc(OC)cc(C[Se]c2ccccc2)c1C(=O)O. The summed E-state index contributed by atoms with van der Waals surface area (Å²) in [6.45, 7) is -0.0171. The Hall–Kier alpha value is -2.01. The van der Waals surface area contributed by atoms with Crippen LogP contribution in [0.25, 0.3) is 0 Å². The predicted octanol–water partition coefficient (Wildman–Crippen LogP) is 1.91. The topological polar surface area (TPSA) is 65.0 Å². The van der Waals surface area contributed by atoms with E-state index in [2.05, 4.69) is 0 Å². The minimum absolute atomic E-state index is 0.0171. The van der Waals surface area contributed by atoms with Gasteiger partial charge < -0.3 is 0 Å². The van der Waals surface area contributed by atoms with Gasteiger partial charge in [0.15, 0.2) is 0 Å². The van der Waals surface area contributed by atoms with Gasteiger partial charge in [-0.1, -0.05) is 0 Å². The molecule has 0 aliphatic heterocycles. The van der Waals surface area contributed by atoms with E-state index in [9.17, 15) is 9.90 Å². The fraction of sp³-hybridized carbons (Fsp3) is 0.235. The van der Waals surface area contributed by atoms with Crippen molar-refractivity contribution in [2.45, 2.75) is 5.32 Å². The fourth-order valence-electron chi connectivity index (χ4n) is 2.03. The molecule has 2 rings (SSSR count). The summed E-state index contributed by atoms with van der Waals surface area (Å²) in [6, 6.07) is 13.3. The molecule has 1 N–H and O–H groups in total. The van der Waals surface area contributed by atoms with Gasteiger partial charge in [0.2, 0.25) is 0 Å². The van der Waals surface area contributed by atoms with E-state index >= 15 is 0 Å².